The number of aromatic amines is 2. The van der Waals surface area contributed by atoms with Crippen molar-refractivity contribution >= 4 is 17.3 Å². The minimum atomic E-state index is -1.13. The molecular weight excluding hydrogens is 340 g/mol. The quantitative estimate of drug-likeness (QED) is 0.621. The minimum absolute atomic E-state index is 0.00663. The molecule has 0 amide bonds. The zero-order valence-corrected chi connectivity index (χ0v) is 13.2. The lowest BCUT2D eigenvalue weighted by atomic mass is 10.1. The molecule has 0 saturated carbocycles. The van der Waals surface area contributed by atoms with Gasteiger partial charge in [-0.1, -0.05) is 12.1 Å². The van der Waals surface area contributed by atoms with Crippen LogP contribution in [0.3, 0.4) is 0 Å². The van der Waals surface area contributed by atoms with Crippen LogP contribution in [-0.4, -0.2) is 28.1 Å². The lowest BCUT2D eigenvalue weighted by Crippen LogP contribution is -1.97. The lowest BCUT2D eigenvalue weighted by Gasteiger charge is -2.02. The molecule has 3 N–H and O–H groups in total. The average Bonchev–Trinajstić information content (AvgIpc) is 3.25. The second-order valence-electron chi connectivity index (χ2n) is 5.39. The van der Waals surface area contributed by atoms with Gasteiger partial charge in [0.15, 0.2) is 17.2 Å². The molecule has 0 spiro atoms. The highest BCUT2D eigenvalue weighted by molar-refractivity contribution is 5.93. The van der Waals surface area contributed by atoms with Crippen molar-refractivity contribution in [2.75, 3.05) is 6.79 Å². The Morgan fingerprint density at radius 2 is 1.85 bits per heavy atom. The molecule has 0 bridgehead atoms. The molecule has 9 nitrogen and oxygen atoms in total. The van der Waals surface area contributed by atoms with Gasteiger partial charge in [-0.05, 0) is 30.3 Å². The van der Waals surface area contributed by atoms with Crippen LogP contribution < -0.4 is 15.0 Å². The lowest BCUT2D eigenvalue weighted by molar-refractivity contribution is 0.0697. The Labute approximate surface area is 145 Å². The van der Waals surface area contributed by atoms with Gasteiger partial charge in [0.05, 0.1) is 11.3 Å². The molecule has 9 heteroatoms. The van der Waals surface area contributed by atoms with Gasteiger partial charge in [0.2, 0.25) is 6.79 Å². The van der Waals surface area contributed by atoms with E-state index in [2.05, 4.69) is 20.4 Å². The first-order valence-electron chi connectivity index (χ1n) is 7.58. The smallest absolute Gasteiger partial charge is 0.337 e. The van der Waals surface area contributed by atoms with Gasteiger partial charge >= 0.3 is 5.97 Å². The number of H-pyrrole nitrogens is 2. The number of nitrogens with zero attached hydrogens (tertiary/aromatic N) is 2. The highest BCUT2D eigenvalue weighted by Crippen LogP contribution is 2.37. The van der Waals surface area contributed by atoms with Gasteiger partial charge < -0.3 is 14.6 Å². The van der Waals surface area contributed by atoms with Crippen molar-refractivity contribution in [3.05, 3.63) is 58.4 Å². The first-order valence-corrected chi connectivity index (χ1v) is 7.58. The highest BCUT2D eigenvalue weighted by atomic mass is 16.7. The van der Waals surface area contributed by atoms with Crippen LogP contribution in [0.2, 0.25) is 0 Å². The van der Waals surface area contributed by atoms with Gasteiger partial charge in [-0.15, -0.1) is 10.2 Å². The number of aromatic carboxylic acids is 1. The molecule has 0 radical (unpaired) electrons. The van der Waals surface area contributed by atoms with E-state index >= 15 is 0 Å². The maximum atomic E-state index is 12.1. The third-order valence-electron chi connectivity index (χ3n) is 3.81. The fourth-order valence-electron chi connectivity index (χ4n) is 2.55. The molecular formula is C17H12N4O5. The predicted molar refractivity (Wildman–Crippen MR) is 90.5 cm³/mol. The first kappa shape index (κ1) is 15.6. The van der Waals surface area contributed by atoms with Gasteiger partial charge in [0.1, 0.15) is 5.69 Å². The van der Waals surface area contributed by atoms with Crippen LogP contribution in [0.4, 0.5) is 11.4 Å². The SMILES string of the molecule is O=C(O)c1ccccc1N=Nc1c(-c2ccc3c(c2)OCO3)[nH][nH]c1=O. The molecule has 0 fully saturated rings. The van der Waals surface area contributed by atoms with Crippen LogP contribution in [0.25, 0.3) is 11.3 Å². The number of hydrogen-bond donors (Lipinski definition) is 3. The number of hydrogen-bond acceptors (Lipinski definition) is 6. The van der Waals surface area contributed by atoms with E-state index in [1.807, 2.05) is 0 Å². The number of carbonyl (C=O) groups is 1. The number of fused-ring (bicyclic) bond motifs is 1. The molecule has 1 aliphatic rings. The van der Waals surface area contributed by atoms with Crippen LogP contribution in [-0.2, 0) is 0 Å². The molecule has 0 atom stereocenters. The summed E-state index contributed by atoms with van der Waals surface area (Å²) in [6, 6.07) is 11.3. The summed E-state index contributed by atoms with van der Waals surface area (Å²) in [5.41, 5.74) is 0.751. The summed E-state index contributed by atoms with van der Waals surface area (Å²) in [4.78, 5) is 23.3. The molecule has 0 saturated heterocycles. The van der Waals surface area contributed by atoms with Gasteiger partial charge in [-0.2, -0.15) is 0 Å². The van der Waals surface area contributed by atoms with Crippen LogP contribution in [0.5, 0.6) is 11.5 Å². The monoisotopic (exact) mass is 352 g/mol. The third kappa shape index (κ3) is 2.71. The van der Waals surface area contributed by atoms with Crippen molar-refractivity contribution in [1.29, 1.82) is 0 Å². The Balaban J connectivity index is 1.74. The summed E-state index contributed by atoms with van der Waals surface area (Å²) in [5.74, 6) is 0.0485. The number of ether oxygens (including phenoxy) is 2. The van der Waals surface area contributed by atoms with Crippen LogP contribution in [0.15, 0.2) is 57.5 Å². The number of aromatic nitrogens is 2. The van der Waals surface area contributed by atoms with E-state index in [1.165, 1.54) is 12.1 Å². The number of carboxylic acid groups (broad SMARTS) is 1. The summed E-state index contributed by atoms with van der Waals surface area (Å²) >= 11 is 0. The van der Waals surface area contributed by atoms with E-state index in [4.69, 9.17) is 9.47 Å². The normalized spacial score (nSPS) is 12.6. The Kier molecular flexibility index (Phi) is 3.73. The zero-order valence-electron chi connectivity index (χ0n) is 13.2. The standard InChI is InChI=1S/C17H12N4O5/c22-16-15(20-18-11-4-2-1-3-10(11)17(23)24)14(19-21-16)9-5-6-12-13(7-9)26-8-25-12/h1-7H,8H2,(H,23,24)(H2,19,21,22). The summed E-state index contributed by atoms with van der Waals surface area (Å²) in [6.07, 6.45) is 0. The average molecular weight is 352 g/mol. The first-order chi connectivity index (χ1) is 12.6. The molecule has 0 unspecified atom stereocenters. The number of rotatable bonds is 4. The van der Waals surface area contributed by atoms with E-state index in [9.17, 15) is 14.7 Å². The minimum Gasteiger partial charge on any atom is -0.478 e. The summed E-state index contributed by atoms with van der Waals surface area (Å²) in [7, 11) is 0. The van der Waals surface area contributed by atoms with Crippen molar-refractivity contribution in [3.8, 4) is 22.8 Å². The number of benzene rings is 2. The Morgan fingerprint density at radius 1 is 1.04 bits per heavy atom. The molecule has 1 aromatic heterocycles. The molecule has 2 heterocycles. The predicted octanol–water partition coefficient (Wildman–Crippen LogP) is 3.21. The van der Waals surface area contributed by atoms with Crippen molar-refractivity contribution in [2.45, 2.75) is 0 Å². The number of nitrogens with one attached hydrogen (secondary N) is 2. The second-order valence-corrected chi connectivity index (χ2v) is 5.39. The van der Waals surface area contributed by atoms with Crippen molar-refractivity contribution < 1.29 is 19.4 Å². The Morgan fingerprint density at radius 3 is 2.69 bits per heavy atom. The fourth-order valence-corrected chi connectivity index (χ4v) is 2.55. The van der Waals surface area contributed by atoms with Crippen LogP contribution >= 0.6 is 0 Å². The molecule has 26 heavy (non-hydrogen) atoms. The topological polar surface area (TPSA) is 129 Å². The Bertz CT molecular complexity index is 1080. The molecule has 130 valence electrons. The van der Waals surface area contributed by atoms with Crippen molar-refractivity contribution in [3.63, 3.8) is 0 Å². The van der Waals surface area contributed by atoms with Gasteiger partial charge in [0.25, 0.3) is 5.56 Å². The summed E-state index contributed by atoms with van der Waals surface area (Å²) in [6.45, 7) is 0.140. The van der Waals surface area contributed by atoms with E-state index < -0.39 is 11.5 Å². The highest BCUT2D eigenvalue weighted by Gasteiger charge is 2.18. The molecule has 2 aromatic carbocycles. The zero-order chi connectivity index (χ0) is 18.1. The maximum Gasteiger partial charge on any atom is 0.337 e. The second kappa shape index (κ2) is 6.20. The third-order valence-corrected chi connectivity index (χ3v) is 3.81. The number of azo groups is 1. The largest absolute Gasteiger partial charge is 0.478 e. The van der Waals surface area contributed by atoms with E-state index in [0.29, 0.717) is 22.8 Å². The van der Waals surface area contributed by atoms with Gasteiger partial charge in [0, 0.05) is 5.56 Å². The Hall–Kier alpha value is -3.88. The molecule has 1 aliphatic heterocycles. The van der Waals surface area contributed by atoms with E-state index in [1.54, 1.807) is 30.3 Å². The number of carboxylic acids is 1. The van der Waals surface area contributed by atoms with Crippen LogP contribution in [0.1, 0.15) is 10.4 Å². The van der Waals surface area contributed by atoms with E-state index in [0.717, 1.165) is 0 Å². The molecule has 4 rings (SSSR count). The van der Waals surface area contributed by atoms with E-state index in [-0.39, 0.29) is 23.7 Å². The molecule has 3 aromatic rings. The van der Waals surface area contributed by atoms with Gasteiger partial charge in [-0.25, -0.2) is 4.79 Å². The van der Waals surface area contributed by atoms with Crippen molar-refractivity contribution in [2.24, 2.45) is 10.2 Å². The maximum absolute atomic E-state index is 12.1. The van der Waals surface area contributed by atoms with Crippen LogP contribution in [0, 0.1) is 0 Å². The van der Waals surface area contributed by atoms with Crippen molar-refractivity contribution in [1.82, 2.24) is 10.2 Å². The summed E-state index contributed by atoms with van der Waals surface area (Å²) in [5, 5.41) is 22.3. The molecule has 0 aliphatic carbocycles. The summed E-state index contributed by atoms with van der Waals surface area (Å²) < 4.78 is 10.6. The fraction of sp³-hybridized carbons (Fsp3) is 0.0588. The van der Waals surface area contributed by atoms with Gasteiger partial charge in [-0.3, -0.25) is 15.0 Å².